The molecule has 1 N–H and O–H groups in total. The maximum absolute atomic E-state index is 5.50. The predicted octanol–water partition coefficient (Wildman–Crippen LogP) is 3.47. The molecule has 2 aromatic rings. The summed E-state index contributed by atoms with van der Waals surface area (Å²) in [5.41, 5.74) is 1.00. The van der Waals surface area contributed by atoms with E-state index >= 15 is 0 Å². The monoisotopic (exact) mass is 250 g/mol. The Balaban J connectivity index is 2.12. The van der Waals surface area contributed by atoms with Gasteiger partial charge in [-0.25, -0.2) is 4.98 Å². The molecule has 3 nitrogen and oxygen atoms in total. The molecule has 0 atom stereocenters. The van der Waals surface area contributed by atoms with Gasteiger partial charge in [0.15, 0.2) is 12.2 Å². The number of nitrogens with one attached hydrogen (secondary N) is 1. The van der Waals surface area contributed by atoms with Gasteiger partial charge in [-0.1, -0.05) is 13.8 Å². The molecule has 92 valence electrons. The number of aryl methyl sites for hydroxylation is 1. The number of rotatable bonds is 6. The van der Waals surface area contributed by atoms with E-state index in [1.165, 1.54) is 16.1 Å². The second-order valence-electron chi connectivity index (χ2n) is 3.92. The molecule has 4 heteroatoms. The van der Waals surface area contributed by atoms with Gasteiger partial charge >= 0.3 is 0 Å². The van der Waals surface area contributed by atoms with Crippen molar-refractivity contribution >= 4 is 11.3 Å². The summed E-state index contributed by atoms with van der Waals surface area (Å²) in [6, 6.07) is 4.28. The van der Waals surface area contributed by atoms with Crippen LogP contribution >= 0.6 is 11.3 Å². The van der Waals surface area contributed by atoms with E-state index in [0.29, 0.717) is 0 Å². The molecule has 0 aliphatic rings. The van der Waals surface area contributed by atoms with Gasteiger partial charge in [0.1, 0.15) is 5.69 Å². The first-order chi connectivity index (χ1) is 8.35. The Bertz CT molecular complexity index is 461. The first kappa shape index (κ1) is 12.3. The van der Waals surface area contributed by atoms with Crippen LogP contribution in [0.3, 0.4) is 0 Å². The summed E-state index contributed by atoms with van der Waals surface area (Å²) in [5.74, 6) is 0.915. The van der Waals surface area contributed by atoms with Crippen LogP contribution in [-0.2, 0) is 13.0 Å². The molecule has 0 amide bonds. The van der Waals surface area contributed by atoms with Crippen molar-refractivity contribution in [1.82, 2.24) is 10.3 Å². The maximum Gasteiger partial charge on any atom is 0.181 e. The third kappa shape index (κ3) is 2.96. The van der Waals surface area contributed by atoms with Gasteiger partial charge in [-0.05, 0) is 31.5 Å². The fraction of sp³-hybridized carbons (Fsp3) is 0.462. The second-order valence-corrected chi connectivity index (χ2v) is 5.09. The molecule has 0 fully saturated rings. The second kappa shape index (κ2) is 5.98. The Morgan fingerprint density at radius 1 is 1.35 bits per heavy atom. The number of thiophene rings is 1. The number of hydrogen-bond donors (Lipinski definition) is 1. The van der Waals surface area contributed by atoms with Gasteiger partial charge in [0.2, 0.25) is 0 Å². The SMILES string of the molecule is CCCNCc1ncoc1-c1ccc(CC)s1. The fourth-order valence-corrected chi connectivity index (χ4v) is 2.63. The Hall–Kier alpha value is -1.13. The van der Waals surface area contributed by atoms with Crippen molar-refractivity contribution in [2.75, 3.05) is 6.54 Å². The van der Waals surface area contributed by atoms with Crippen molar-refractivity contribution in [3.63, 3.8) is 0 Å². The first-order valence-electron chi connectivity index (χ1n) is 6.07. The lowest BCUT2D eigenvalue weighted by Gasteiger charge is -2.00. The topological polar surface area (TPSA) is 38.1 Å². The maximum atomic E-state index is 5.50. The number of nitrogens with zero attached hydrogens (tertiary/aromatic N) is 1. The first-order valence-corrected chi connectivity index (χ1v) is 6.89. The number of oxazole rings is 1. The van der Waals surface area contributed by atoms with Crippen molar-refractivity contribution in [2.45, 2.75) is 33.2 Å². The molecule has 0 bridgehead atoms. The smallest absolute Gasteiger partial charge is 0.181 e. The molecule has 17 heavy (non-hydrogen) atoms. The van der Waals surface area contributed by atoms with Gasteiger partial charge in [0.25, 0.3) is 0 Å². The molecule has 0 radical (unpaired) electrons. The summed E-state index contributed by atoms with van der Waals surface area (Å²) in [6.45, 7) is 6.11. The lowest BCUT2D eigenvalue weighted by Crippen LogP contribution is -2.14. The standard InChI is InChI=1S/C13H18N2OS/c1-3-7-14-8-11-13(16-9-15-11)12-6-5-10(4-2)17-12/h5-6,9,14H,3-4,7-8H2,1-2H3. The molecule has 2 rings (SSSR count). The zero-order valence-electron chi connectivity index (χ0n) is 10.3. The summed E-state index contributed by atoms with van der Waals surface area (Å²) < 4.78 is 5.50. The minimum atomic E-state index is 0.777. The van der Waals surface area contributed by atoms with E-state index in [2.05, 4.69) is 36.3 Å². The molecule has 0 aliphatic carbocycles. The van der Waals surface area contributed by atoms with Crippen LogP contribution in [0.1, 0.15) is 30.8 Å². The normalized spacial score (nSPS) is 10.9. The van der Waals surface area contributed by atoms with E-state index in [4.69, 9.17) is 4.42 Å². The van der Waals surface area contributed by atoms with Crippen LogP contribution in [0.4, 0.5) is 0 Å². The van der Waals surface area contributed by atoms with Crippen LogP contribution in [0.15, 0.2) is 22.9 Å². The minimum absolute atomic E-state index is 0.777. The molecule has 0 aliphatic heterocycles. The van der Waals surface area contributed by atoms with Crippen molar-refractivity contribution in [2.24, 2.45) is 0 Å². The molecule has 2 heterocycles. The van der Waals surface area contributed by atoms with Crippen LogP contribution in [-0.4, -0.2) is 11.5 Å². The Morgan fingerprint density at radius 3 is 2.94 bits per heavy atom. The van der Waals surface area contributed by atoms with E-state index in [9.17, 15) is 0 Å². The van der Waals surface area contributed by atoms with Gasteiger partial charge in [-0.2, -0.15) is 0 Å². The summed E-state index contributed by atoms with van der Waals surface area (Å²) in [4.78, 5) is 6.83. The van der Waals surface area contributed by atoms with Crippen LogP contribution in [0, 0.1) is 0 Å². The zero-order chi connectivity index (χ0) is 12.1. The highest BCUT2D eigenvalue weighted by Gasteiger charge is 2.12. The van der Waals surface area contributed by atoms with Crippen LogP contribution < -0.4 is 5.32 Å². The van der Waals surface area contributed by atoms with E-state index in [0.717, 1.165) is 37.4 Å². The van der Waals surface area contributed by atoms with Gasteiger partial charge in [0, 0.05) is 11.4 Å². The Morgan fingerprint density at radius 2 is 2.24 bits per heavy atom. The van der Waals surface area contributed by atoms with E-state index in [1.54, 1.807) is 11.3 Å². The van der Waals surface area contributed by atoms with Crippen LogP contribution in [0.5, 0.6) is 0 Å². The van der Waals surface area contributed by atoms with Gasteiger partial charge < -0.3 is 9.73 Å². The summed E-state index contributed by atoms with van der Waals surface area (Å²) in [7, 11) is 0. The zero-order valence-corrected chi connectivity index (χ0v) is 11.1. The van der Waals surface area contributed by atoms with E-state index in [-0.39, 0.29) is 0 Å². The molecule has 0 saturated heterocycles. The van der Waals surface area contributed by atoms with Gasteiger partial charge in [0.05, 0.1) is 4.88 Å². The molecular formula is C13H18N2OS. The highest BCUT2D eigenvalue weighted by Crippen LogP contribution is 2.30. The van der Waals surface area contributed by atoms with E-state index in [1.807, 2.05) is 0 Å². The molecular weight excluding hydrogens is 232 g/mol. The van der Waals surface area contributed by atoms with Crippen LogP contribution in [0.2, 0.25) is 0 Å². The third-order valence-electron chi connectivity index (χ3n) is 2.59. The van der Waals surface area contributed by atoms with Gasteiger partial charge in [-0.3, -0.25) is 0 Å². The van der Waals surface area contributed by atoms with Crippen LogP contribution in [0.25, 0.3) is 10.6 Å². The third-order valence-corrected chi connectivity index (χ3v) is 3.82. The molecule has 0 unspecified atom stereocenters. The molecule has 2 aromatic heterocycles. The van der Waals surface area contributed by atoms with Crippen molar-refractivity contribution in [3.05, 3.63) is 29.1 Å². The average Bonchev–Trinajstić information content (AvgIpc) is 2.96. The quantitative estimate of drug-likeness (QED) is 0.798. The summed E-state index contributed by atoms with van der Waals surface area (Å²) in [5, 5.41) is 3.35. The molecule has 0 saturated carbocycles. The lowest BCUT2D eigenvalue weighted by molar-refractivity contribution is 0.570. The summed E-state index contributed by atoms with van der Waals surface area (Å²) >= 11 is 1.78. The lowest BCUT2D eigenvalue weighted by atomic mass is 10.3. The van der Waals surface area contributed by atoms with Crippen molar-refractivity contribution in [3.8, 4) is 10.6 Å². The summed E-state index contributed by atoms with van der Waals surface area (Å²) in [6.07, 6.45) is 3.73. The van der Waals surface area contributed by atoms with Crippen molar-refractivity contribution in [1.29, 1.82) is 0 Å². The fourth-order valence-electron chi connectivity index (χ4n) is 1.67. The van der Waals surface area contributed by atoms with E-state index < -0.39 is 0 Å². The average molecular weight is 250 g/mol. The molecule has 0 spiro atoms. The highest BCUT2D eigenvalue weighted by atomic mass is 32.1. The highest BCUT2D eigenvalue weighted by molar-refractivity contribution is 7.15. The van der Waals surface area contributed by atoms with Crippen molar-refractivity contribution < 1.29 is 4.42 Å². The predicted molar refractivity (Wildman–Crippen MR) is 71.2 cm³/mol. The molecule has 0 aromatic carbocycles. The largest absolute Gasteiger partial charge is 0.442 e. The number of hydrogen-bond acceptors (Lipinski definition) is 4. The minimum Gasteiger partial charge on any atom is -0.442 e. The Kier molecular flexibility index (Phi) is 4.34. The Labute approximate surface area is 106 Å². The van der Waals surface area contributed by atoms with Gasteiger partial charge in [-0.15, -0.1) is 11.3 Å². The number of aromatic nitrogens is 1.